The molecule has 1 unspecified atom stereocenters. The van der Waals surface area contributed by atoms with Crippen molar-refractivity contribution in [2.24, 2.45) is 5.92 Å². The number of carbonyl (C=O) groups is 2. The Bertz CT molecular complexity index is 1260. The molecule has 2 saturated heterocycles. The summed E-state index contributed by atoms with van der Waals surface area (Å²) in [5.74, 6) is -1.30. The quantitative estimate of drug-likeness (QED) is 0.560. The number of nitrogens with two attached hydrogens (primary N) is 1. The summed E-state index contributed by atoms with van der Waals surface area (Å²) >= 11 is 0. The lowest BCUT2D eigenvalue weighted by Gasteiger charge is -2.35. The standard InChI is InChI=1S/C23H27FN8O3/c1-35-15-5-9-31(12-15)23(34)14-3-7-30(8-4-14)19-2-6-26-11-18(19)28-22(33)16-10-27-32-13-17(24)20(25)29-21(16)32/h2,6,10-11,13-15H,3-5,7-9,12H2,1H3,(H2,25,29)(H,28,33). The number of fused-ring (bicyclic) bond motifs is 1. The summed E-state index contributed by atoms with van der Waals surface area (Å²) in [7, 11) is 1.68. The minimum atomic E-state index is -0.716. The molecule has 0 saturated carbocycles. The van der Waals surface area contributed by atoms with Gasteiger partial charge in [0.1, 0.15) is 5.56 Å². The van der Waals surface area contributed by atoms with Crippen LogP contribution in [0.15, 0.2) is 30.9 Å². The number of anilines is 3. The third kappa shape index (κ3) is 4.48. The fourth-order valence-corrected chi connectivity index (χ4v) is 4.76. The molecule has 1 atom stereocenters. The van der Waals surface area contributed by atoms with Gasteiger partial charge < -0.3 is 25.6 Å². The number of ether oxygens (including phenoxy) is 1. The molecule has 12 heteroatoms. The molecular formula is C23H27FN8O3. The molecule has 35 heavy (non-hydrogen) atoms. The maximum Gasteiger partial charge on any atom is 0.261 e. The molecule has 0 aromatic carbocycles. The van der Waals surface area contributed by atoms with Gasteiger partial charge in [-0.05, 0) is 25.3 Å². The van der Waals surface area contributed by atoms with Crippen molar-refractivity contribution < 1.29 is 18.7 Å². The van der Waals surface area contributed by atoms with Gasteiger partial charge in [0.05, 0.1) is 36.1 Å². The number of hydrogen-bond acceptors (Lipinski definition) is 8. The number of rotatable bonds is 5. The number of amides is 2. The van der Waals surface area contributed by atoms with Crippen molar-refractivity contribution in [1.82, 2.24) is 24.5 Å². The number of halogens is 1. The van der Waals surface area contributed by atoms with Gasteiger partial charge >= 0.3 is 0 Å². The van der Waals surface area contributed by atoms with Crippen LogP contribution in [0, 0.1) is 11.7 Å². The van der Waals surface area contributed by atoms with Gasteiger partial charge in [0, 0.05) is 45.4 Å². The van der Waals surface area contributed by atoms with Crippen molar-refractivity contribution in [2.45, 2.75) is 25.4 Å². The number of methoxy groups -OCH3 is 1. The van der Waals surface area contributed by atoms with Gasteiger partial charge in [0.15, 0.2) is 17.3 Å². The molecule has 5 rings (SSSR count). The minimum Gasteiger partial charge on any atom is -0.381 e. The molecule has 5 heterocycles. The van der Waals surface area contributed by atoms with Crippen LogP contribution in [0.3, 0.4) is 0 Å². The van der Waals surface area contributed by atoms with Crippen LogP contribution >= 0.6 is 0 Å². The Morgan fingerprint density at radius 1 is 1.20 bits per heavy atom. The zero-order valence-corrected chi connectivity index (χ0v) is 19.4. The summed E-state index contributed by atoms with van der Waals surface area (Å²) in [6, 6.07) is 1.84. The first-order valence-corrected chi connectivity index (χ1v) is 11.6. The number of nitrogens with one attached hydrogen (secondary N) is 1. The van der Waals surface area contributed by atoms with Gasteiger partial charge in [0.2, 0.25) is 5.91 Å². The van der Waals surface area contributed by atoms with Gasteiger partial charge in [-0.15, -0.1) is 0 Å². The van der Waals surface area contributed by atoms with Crippen LogP contribution < -0.4 is 16.0 Å². The van der Waals surface area contributed by atoms with E-state index >= 15 is 0 Å². The van der Waals surface area contributed by atoms with E-state index < -0.39 is 11.7 Å². The molecule has 2 amide bonds. The number of carbonyl (C=O) groups excluding carboxylic acids is 2. The van der Waals surface area contributed by atoms with Crippen molar-refractivity contribution >= 4 is 34.7 Å². The van der Waals surface area contributed by atoms with Crippen molar-refractivity contribution in [3.63, 3.8) is 0 Å². The number of piperidine rings is 1. The van der Waals surface area contributed by atoms with Gasteiger partial charge in [-0.25, -0.2) is 13.9 Å². The topological polar surface area (TPSA) is 131 Å². The predicted octanol–water partition coefficient (Wildman–Crippen LogP) is 1.56. The number of pyridine rings is 1. The minimum absolute atomic E-state index is 0.0163. The van der Waals surface area contributed by atoms with E-state index in [1.54, 1.807) is 19.5 Å². The second kappa shape index (κ2) is 9.45. The van der Waals surface area contributed by atoms with Gasteiger partial charge in [-0.2, -0.15) is 5.10 Å². The van der Waals surface area contributed by atoms with E-state index in [2.05, 4.69) is 25.3 Å². The molecule has 2 aliphatic heterocycles. The molecule has 2 aliphatic rings. The molecule has 3 aromatic rings. The largest absolute Gasteiger partial charge is 0.381 e. The van der Waals surface area contributed by atoms with Crippen molar-refractivity contribution in [3.05, 3.63) is 42.2 Å². The fourth-order valence-electron chi connectivity index (χ4n) is 4.76. The summed E-state index contributed by atoms with van der Waals surface area (Å²) < 4.78 is 20.2. The van der Waals surface area contributed by atoms with E-state index in [1.807, 2.05) is 11.0 Å². The molecular weight excluding hydrogens is 455 g/mol. The molecule has 0 bridgehead atoms. The lowest BCUT2D eigenvalue weighted by Crippen LogP contribution is -2.42. The van der Waals surface area contributed by atoms with Gasteiger partial charge in [-0.3, -0.25) is 14.6 Å². The van der Waals surface area contributed by atoms with Crippen LogP contribution in [0.1, 0.15) is 29.6 Å². The number of nitrogen functional groups attached to an aromatic ring is 1. The van der Waals surface area contributed by atoms with Gasteiger partial charge in [-0.1, -0.05) is 0 Å². The highest BCUT2D eigenvalue weighted by atomic mass is 19.1. The third-order valence-corrected chi connectivity index (χ3v) is 6.74. The molecule has 11 nitrogen and oxygen atoms in total. The number of nitrogens with zero attached hydrogens (tertiary/aromatic N) is 6. The van der Waals surface area contributed by atoms with Crippen molar-refractivity contribution in [3.8, 4) is 0 Å². The Balaban J connectivity index is 1.27. The predicted molar refractivity (Wildman–Crippen MR) is 126 cm³/mol. The zero-order valence-electron chi connectivity index (χ0n) is 19.4. The number of hydrogen-bond donors (Lipinski definition) is 2. The Morgan fingerprint density at radius 3 is 2.74 bits per heavy atom. The fraction of sp³-hybridized carbons (Fsp3) is 0.435. The molecule has 0 spiro atoms. The monoisotopic (exact) mass is 482 g/mol. The summed E-state index contributed by atoms with van der Waals surface area (Å²) in [5.41, 5.74) is 7.23. The average Bonchev–Trinajstić information content (AvgIpc) is 3.52. The van der Waals surface area contributed by atoms with Crippen LogP contribution in [0.2, 0.25) is 0 Å². The van der Waals surface area contributed by atoms with E-state index in [-0.39, 0.29) is 35.0 Å². The normalized spacial score (nSPS) is 18.9. The summed E-state index contributed by atoms with van der Waals surface area (Å²) in [6.07, 6.45) is 8.09. The summed E-state index contributed by atoms with van der Waals surface area (Å²) in [5, 5.41) is 6.86. The van der Waals surface area contributed by atoms with Crippen molar-refractivity contribution in [2.75, 3.05) is 49.2 Å². The number of likely N-dealkylation sites (tertiary alicyclic amines) is 1. The molecule has 3 aromatic heterocycles. The Morgan fingerprint density at radius 2 is 2.00 bits per heavy atom. The lowest BCUT2D eigenvalue weighted by atomic mass is 9.95. The van der Waals surface area contributed by atoms with E-state index in [4.69, 9.17) is 10.5 Å². The average molecular weight is 483 g/mol. The van der Waals surface area contributed by atoms with Gasteiger partial charge in [0.25, 0.3) is 5.91 Å². The second-order valence-corrected chi connectivity index (χ2v) is 8.84. The molecule has 0 aliphatic carbocycles. The van der Waals surface area contributed by atoms with Crippen LogP contribution in [0.5, 0.6) is 0 Å². The van der Waals surface area contributed by atoms with Crippen LogP contribution in [0.4, 0.5) is 21.6 Å². The molecule has 3 N–H and O–H groups in total. The first kappa shape index (κ1) is 23.0. The highest BCUT2D eigenvalue weighted by molar-refractivity contribution is 6.09. The Hall–Kier alpha value is -3.80. The maximum absolute atomic E-state index is 13.7. The van der Waals surface area contributed by atoms with E-state index in [0.717, 1.165) is 37.7 Å². The Kier molecular flexibility index (Phi) is 6.20. The summed E-state index contributed by atoms with van der Waals surface area (Å²) in [4.78, 5) is 38.1. The van der Waals surface area contributed by atoms with Crippen molar-refractivity contribution in [1.29, 1.82) is 0 Å². The first-order valence-electron chi connectivity index (χ1n) is 11.6. The second-order valence-electron chi connectivity index (χ2n) is 8.84. The first-order chi connectivity index (χ1) is 16.9. The molecule has 184 valence electrons. The number of aromatic nitrogens is 4. The highest BCUT2D eigenvalue weighted by Gasteiger charge is 2.33. The lowest BCUT2D eigenvalue weighted by molar-refractivity contribution is -0.135. The van der Waals surface area contributed by atoms with Crippen LogP contribution in [0.25, 0.3) is 5.65 Å². The Labute approximate surface area is 201 Å². The highest BCUT2D eigenvalue weighted by Crippen LogP contribution is 2.31. The van der Waals surface area contributed by atoms with Crippen LogP contribution in [-0.4, -0.2) is 75.7 Å². The molecule has 0 radical (unpaired) electrons. The van der Waals surface area contributed by atoms with E-state index in [0.29, 0.717) is 25.3 Å². The smallest absolute Gasteiger partial charge is 0.261 e. The summed E-state index contributed by atoms with van der Waals surface area (Å²) in [6.45, 7) is 2.76. The molecule has 2 fully saturated rings. The van der Waals surface area contributed by atoms with E-state index in [9.17, 15) is 14.0 Å². The third-order valence-electron chi connectivity index (χ3n) is 6.74. The maximum atomic E-state index is 13.7. The zero-order chi connectivity index (χ0) is 24.5. The SMILES string of the molecule is COC1CCN(C(=O)C2CCN(c3ccncc3NC(=O)c3cnn4cc(F)c(N)nc34)CC2)C1. The van der Waals surface area contributed by atoms with E-state index in [1.165, 1.54) is 10.7 Å². The van der Waals surface area contributed by atoms with Crippen LogP contribution in [-0.2, 0) is 9.53 Å².